The second-order valence-corrected chi connectivity index (χ2v) is 6.16. The number of hydrogen-bond acceptors (Lipinski definition) is 2. The molecule has 22 heavy (non-hydrogen) atoms. The summed E-state index contributed by atoms with van der Waals surface area (Å²) in [6.45, 7) is 1.77. The molecule has 1 amide bonds. The van der Waals surface area contributed by atoms with E-state index in [1.165, 1.54) is 6.07 Å². The number of aromatic nitrogens is 1. The minimum absolute atomic E-state index is 0.110. The summed E-state index contributed by atoms with van der Waals surface area (Å²) in [5.41, 5.74) is 2.38. The van der Waals surface area contributed by atoms with Gasteiger partial charge in [0, 0.05) is 5.69 Å². The molecule has 0 saturated heterocycles. The zero-order valence-corrected chi connectivity index (χ0v) is 13.4. The minimum atomic E-state index is -0.384. The quantitative estimate of drug-likeness (QED) is 0.882. The molecule has 0 fully saturated rings. The van der Waals surface area contributed by atoms with Gasteiger partial charge >= 0.3 is 0 Å². The van der Waals surface area contributed by atoms with Crippen LogP contribution in [0.25, 0.3) is 0 Å². The Morgan fingerprint density at radius 2 is 2.05 bits per heavy atom. The van der Waals surface area contributed by atoms with E-state index >= 15 is 0 Å². The molecule has 2 N–H and O–H groups in total. The van der Waals surface area contributed by atoms with E-state index in [4.69, 9.17) is 23.2 Å². The molecular formula is C16H14Cl2N2O2. The number of rotatable bonds is 2. The first-order valence-electron chi connectivity index (χ1n) is 6.95. The van der Waals surface area contributed by atoms with Gasteiger partial charge in [0.05, 0.1) is 16.1 Å². The van der Waals surface area contributed by atoms with Gasteiger partial charge in [-0.3, -0.25) is 9.59 Å². The molecule has 4 nitrogen and oxygen atoms in total. The number of benzene rings is 1. The number of aryl methyl sites for hydroxylation is 1. The van der Waals surface area contributed by atoms with Gasteiger partial charge in [-0.1, -0.05) is 29.3 Å². The molecule has 0 aliphatic heterocycles. The van der Waals surface area contributed by atoms with Gasteiger partial charge in [-0.25, -0.2) is 0 Å². The van der Waals surface area contributed by atoms with Crippen molar-refractivity contribution >= 4 is 29.1 Å². The van der Waals surface area contributed by atoms with Crippen molar-refractivity contribution in [1.82, 2.24) is 10.3 Å². The predicted octanol–water partition coefficient (Wildman–Crippen LogP) is 3.41. The molecule has 3 rings (SSSR count). The van der Waals surface area contributed by atoms with Crippen LogP contribution in [0.2, 0.25) is 10.0 Å². The zero-order valence-electron chi connectivity index (χ0n) is 11.9. The van der Waals surface area contributed by atoms with Crippen LogP contribution in [0.1, 0.15) is 39.6 Å². The van der Waals surface area contributed by atoms with Crippen molar-refractivity contribution in [3.63, 3.8) is 0 Å². The summed E-state index contributed by atoms with van der Waals surface area (Å²) in [6, 6.07) is 6.69. The molecule has 1 aliphatic carbocycles. The number of H-pyrrole nitrogens is 1. The predicted molar refractivity (Wildman–Crippen MR) is 86.8 cm³/mol. The number of carbonyl (C=O) groups excluding carboxylic acids is 1. The number of carbonyl (C=O) groups is 1. The van der Waals surface area contributed by atoms with Gasteiger partial charge in [-0.05, 0) is 49.1 Å². The zero-order chi connectivity index (χ0) is 15.9. The second kappa shape index (κ2) is 5.78. The van der Waals surface area contributed by atoms with Crippen LogP contribution < -0.4 is 10.9 Å². The van der Waals surface area contributed by atoms with Gasteiger partial charge in [0.25, 0.3) is 11.5 Å². The smallest absolute Gasteiger partial charge is 0.260 e. The van der Waals surface area contributed by atoms with Gasteiger partial charge in [-0.15, -0.1) is 0 Å². The number of pyridine rings is 1. The van der Waals surface area contributed by atoms with E-state index in [1.807, 2.05) is 6.07 Å². The van der Waals surface area contributed by atoms with E-state index in [0.29, 0.717) is 15.7 Å². The Hall–Kier alpha value is -1.78. The highest BCUT2D eigenvalue weighted by Gasteiger charge is 2.27. The fourth-order valence-electron chi connectivity index (χ4n) is 2.77. The molecule has 114 valence electrons. The highest BCUT2D eigenvalue weighted by atomic mass is 35.5. The van der Waals surface area contributed by atoms with E-state index in [9.17, 15) is 9.59 Å². The molecule has 0 unspecified atom stereocenters. The Balaban J connectivity index is 1.86. The lowest BCUT2D eigenvalue weighted by atomic mass is 10.1. The van der Waals surface area contributed by atoms with E-state index in [2.05, 4.69) is 10.3 Å². The first-order chi connectivity index (χ1) is 10.5. The molecule has 2 aromatic rings. The third-order valence-electron chi connectivity index (χ3n) is 3.90. The van der Waals surface area contributed by atoms with E-state index < -0.39 is 0 Å². The number of nitrogens with one attached hydrogen (secondary N) is 2. The summed E-state index contributed by atoms with van der Waals surface area (Å²) in [5, 5.41) is 3.96. The maximum absolute atomic E-state index is 12.3. The van der Waals surface area contributed by atoms with Crippen molar-refractivity contribution in [1.29, 1.82) is 0 Å². The standard InChI is InChI=1S/C16H14Cl2N2O2/c1-8-2-3-11(15(21)19-8)16(22)20-13-7-5-10-9(13)4-6-12(17)14(10)18/h2-4,6,13H,5,7H2,1H3,(H,19,21)(H,20,22)/t13-/m0/s1. The van der Waals surface area contributed by atoms with Crippen LogP contribution in [0, 0.1) is 6.92 Å². The molecule has 6 heteroatoms. The van der Waals surface area contributed by atoms with Crippen LogP contribution in [0.5, 0.6) is 0 Å². The Morgan fingerprint density at radius 1 is 1.27 bits per heavy atom. The highest BCUT2D eigenvalue weighted by molar-refractivity contribution is 6.42. The highest BCUT2D eigenvalue weighted by Crippen LogP contribution is 2.39. The number of amides is 1. The van der Waals surface area contributed by atoms with Gasteiger partial charge < -0.3 is 10.3 Å². The Labute approximate surface area is 137 Å². The van der Waals surface area contributed by atoms with Crippen molar-refractivity contribution < 1.29 is 4.79 Å². The molecule has 0 bridgehead atoms. The summed E-state index contributed by atoms with van der Waals surface area (Å²) < 4.78 is 0. The summed E-state index contributed by atoms with van der Waals surface area (Å²) in [7, 11) is 0. The summed E-state index contributed by atoms with van der Waals surface area (Å²) in [4.78, 5) is 26.8. The Morgan fingerprint density at radius 3 is 2.77 bits per heavy atom. The number of aromatic amines is 1. The topological polar surface area (TPSA) is 62.0 Å². The third-order valence-corrected chi connectivity index (χ3v) is 4.74. The average Bonchev–Trinajstić information content (AvgIpc) is 2.86. The maximum atomic E-state index is 12.3. The van der Waals surface area contributed by atoms with Gasteiger partial charge in [0.1, 0.15) is 5.56 Å². The van der Waals surface area contributed by atoms with Gasteiger partial charge in [0.2, 0.25) is 0 Å². The average molecular weight is 337 g/mol. The van der Waals surface area contributed by atoms with Crippen LogP contribution in [0.15, 0.2) is 29.1 Å². The number of hydrogen-bond donors (Lipinski definition) is 2. The monoisotopic (exact) mass is 336 g/mol. The molecule has 1 aliphatic rings. The van der Waals surface area contributed by atoms with Gasteiger partial charge in [0.15, 0.2) is 0 Å². The van der Waals surface area contributed by atoms with Crippen LogP contribution in [0.4, 0.5) is 0 Å². The summed E-state index contributed by atoms with van der Waals surface area (Å²) in [5.74, 6) is -0.384. The first kappa shape index (κ1) is 15.1. The molecule has 1 heterocycles. The molecule has 0 saturated carbocycles. The number of halogens is 2. The first-order valence-corrected chi connectivity index (χ1v) is 7.70. The summed E-state index contributed by atoms with van der Waals surface area (Å²) in [6.07, 6.45) is 1.49. The van der Waals surface area contributed by atoms with Crippen molar-refractivity contribution in [2.45, 2.75) is 25.8 Å². The largest absolute Gasteiger partial charge is 0.345 e. The Bertz CT molecular complexity index is 814. The van der Waals surface area contributed by atoms with E-state index in [0.717, 1.165) is 24.0 Å². The Kier molecular flexibility index (Phi) is 3.98. The lowest BCUT2D eigenvalue weighted by molar-refractivity contribution is 0.0935. The molecular weight excluding hydrogens is 323 g/mol. The van der Waals surface area contributed by atoms with Crippen molar-refractivity contribution in [2.75, 3.05) is 0 Å². The van der Waals surface area contributed by atoms with Crippen molar-refractivity contribution in [3.05, 3.63) is 67.0 Å². The number of fused-ring (bicyclic) bond motifs is 1. The molecule has 0 spiro atoms. The maximum Gasteiger partial charge on any atom is 0.260 e. The fraction of sp³-hybridized carbons (Fsp3) is 0.250. The van der Waals surface area contributed by atoms with Crippen molar-refractivity contribution in [2.24, 2.45) is 0 Å². The fourth-order valence-corrected chi connectivity index (χ4v) is 3.21. The van der Waals surface area contributed by atoms with Crippen LogP contribution >= 0.6 is 23.2 Å². The van der Waals surface area contributed by atoms with Crippen LogP contribution in [-0.2, 0) is 6.42 Å². The lowest BCUT2D eigenvalue weighted by Crippen LogP contribution is -2.32. The van der Waals surface area contributed by atoms with E-state index in [-0.39, 0.29) is 23.1 Å². The van der Waals surface area contributed by atoms with Crippen LogP contribution in [-0.4, -0.2) is 10.9 Å². The van der Waals surface area contributed by atoms with Gasteiger partial charge in [-0.2, -0.15) is 0 Å². The third kappa shape index (κ3) is 2.64. The second-order valence-electron chi connectivity index (χ2n) is 5.38. The lowest BCUT2D eigenvalue weighted by Gasteiger charge is -2.14. The van der Waals surface area contributed by atoms with Crippen LogP contribution in [0.3, 0.4) is 0 Å². The molecule has 1 aromatic carbocycles. The SMILES string of the molecule is Cc1ccc(C(=O)N[C@H]2CCc3c2ccc(Cl)c3Cl)c(=O)[nH]1. The van der Waals surface area contributed by atoms with Crippen molar-refractivity contribution in [3.8, 4) is 0 Å². The van der Waals surface area contributed by atoms with E-state index in [1.54, 1.807) is 19.1 Å². The minimum Gasteiger partial charge on any atom is -0.345 e. The summed E-state index contributed by atoms with van der Waals surface area (Å²) >= 11 is 12.2. The molecule has 1 aromatic heterocycles. The molecule has 0 radical (unpaired) electrons. The normalized spacial score (nSPS) is 16.4. The molecule has 1 atom stereocenters.